The maximum absolute atomic E-state index is 12.5. The number of Topliss-reactive ketones (excluding diaryl/α,β-unsaturated/α-hetero) is 1. The lowest BCUT2D eigenvalue weighted by Gasteiger charge is -2.39. The van der Waals surface area contributed by atoms with Gasteiger partial charge in [0.05, 0.1) is 0 Å². The highest BCUT2D eigenvalue weighted by Crippen LogP contribution is 2.41. The zero-order valence-electron chi connectivity index (χ0n) is 12.2. The van der Waals surface area contributed by atoms with Crippen molar-refractivity contribution >= 4 is 23.1 Å². The molecule has 0 amide bonds. The van der Waals surface area contributed by atoms with Crippen LogP contribution in [0.25, 0.3) is 0 Å². The first kappa shape index (κ1) is 16.1. The topological polar surface area (TPSA) is 67.2 Å². The van der Waals surface area contributed by atoms with Crippen LogP contribution in [0, 0.1) is 17.3 Å². The predicted octanol–water partition coefficient (Wildman–Crippen LogP) is 1.91. The molecule has 0 aromatic heterocycles. The minimum atomic E-state index is 0.00269. The van der Waals surface area contributed by atoms with Crippen molar-refractivity contribution in [2.45, 2.75) is 46.6 Å². The second-order valence-electron chi connectivity index (χ2n) is 6.16. The number of rotatable bonds is 5. The number of hydrazine groups is 1. The molecule has 0 bridgehead atoms. The molecule has 108 valence electrons. The summed E-state index contributed by atoms with van der Waals surface area (Å²) in [6.07, 6.45) is 5.77. The van der Waals surface area contributed by atoms with Gasteiger partial charge in [-0.3, -0.25) is 10.2 Å². The van der Waals surface area contributed by atoms with Crippen molar-refractivity contribution in [1.82, 2.24) is 10.9 Å². The lowest BCUT2D eigenvalue weighted by atomic mass is 9.65. The van der Waals surface area contributed by atoms with Crippen molar-refractivity contribution in [3.05, 3.63) is 12.2 Å². The molecule has 0 aromatic carbocycles. The first-order valence-corrected chi connectivity index (χ1v) is 7.15. The van der Waals surface area contributed by atoms with Crippen molar-refractivity contribution in [3.63, 3.8) is 0 Å². The third-order valence-electron chi connectivity index (χ3n) is 3.75. The minimum Gasteiger partial charge on any atom is -0.375 e. The lowest BCUT2D eigenvalue weighted by Crippen LogP contribution is -2.47. The lowest BCUT2D eigenvalue weighted by molar-refractivity contribution is -0.128. The Balaban J connectivity index is 2.61. The Kier molecular flexibility index (Phi) is 5.50. The summed E-state index contributed by atoms with van der Waals surface area (Å²) in [5.41, 5.74) is 11.0. The molecule has 1 aliphatic carbocycles. The number of allylic oxidation sites excluding steroid dienone is 2. The summed E-state index contributed by atoms with van der Waals surface area (Å²) in [5, 5.41) is 0.189. The molecule has 0 unspecified atom stereocenters. The largest absolute Gasteiger partial charge is 0.375 e. The van der Waals surface area contributed by atoms with Crippen LogP contribution >= 0.6 is 12.2 Å². The van der Waals surface area contributed by atoms with Gasteiger partial charge in [0.2, 0.25) is 0 Å². The number of ketones is 1. The fourth-order valence-corrected chi connectivity index (χ4v) is 3.00. The molecule has 3 atom stereocenters. The van der Waals surface area contributed by atoms with Crippen LogP contribution in [0.1, 0.15) is 40.5 Å². The second kappa shape index (κ2) is 6.48. The zero-order valence-corrected chi connectivity index (χ0v) is 13.0. The van der Waals surface area contributed by atoms with E-state index in [-0.39, 0.29) is 22.5 Å². The van der Waals surface area contributed by atoms with Crippen LogP contribution in [0.4, 0.5) is 0 Å². The highest BCUT2D eigenvalue weighted by Gasteiger charge is 2.39. The Morgan fingerprint density at radius 3 is 2.74 bits per heavy atom. The van der Waals surface area contributed by atoms with Crippen LogP contribution < -0.4 is 16.6 Å². The number of carbonyl (C=O) groups is 1. The molecule has 0 aliphatic heterocycles. The van der Waals surface area contributed by atoms with Crippen LogP contribution in [0.15, 0.2) is 12.2 Å². The predicted molar refractivity (Wildman–Crippen MR) is 82.3 cm³/mol. The van der Waals surface area contributed by atoms with E-state index in [0.29, 0.717) is 18.1 Å². The molecule has 5 heteroatoms. The first-order valence-electron chi connectivity index (χ1n) is 6.74. The molecule has 0 heterocycles. The molecule has 1 rings (SSSR count). The van der Waals surface area contributed by atoms with Crippen molar-refractivity contribution in [3.8, 4) is 0 Å². The number of thiocarbonyl (C=S) groups is 1. The van der Waals surface area contributed by atoms with Crippen molar-refractivity contribution in [1.29, 1.82) is 0 Å². The smallest absolute Gasteiger partial charge is 0.178 e. The van der Waals surface area contributed by atoms with Crippen molar-refractivity contribution < 1.29 is 4.79 Å². The monoisotopic (exact) mass is 283 g/mol. The van der Waals surface area contributed by atoms with E-state index in [2.05, 4.69) is 43.8 Å². The van der Waals surface area contributed by atoms with Gasteiger partial charge >= 0.3 is 0 Å². The van der Waals surface area contributed by atoms with E-state index in [1.807, 2.05) is 6.92 Å². The van der Waals surface area contributed by atoms with E-state index >= 15 is 0 Å². The van der Waals surface area contributed by atoms with E-state index in [1.54, 1.807) is 0 Å². The summed E-state index contributed by atoms with van der Waals surface area (Å²) >= 11 is 4.72. The Morgan fingerprint density at radius 1 is 1.58 bits per heavy atom. The van der Waals surface area contributed by atoms with Crippen molar-refractivity contribution in [2.75, 3.05) is 0 Å². The quantitative estimate of drug-likeness (QED) is 0.408. The average molecular weight is 283 g/mol. The summed E-state index contributed by atoms with van der Waals surface area (Å²) in [4.78, 5) is 12.5. The maximum atomic E-state index is 12.5. The highest BCUT2D eigenvalue weighted by atomic mass is 32.1. The molecule has 1 aliphatic rings. The van der Waals surface area contributed by atoms with E-state index in [4.69, 9.17) is 18.0 Å². The average Bonchev–Trinajstić information content (AvgIpc) is 2.24. The number of hydrogen-bond donors (Lipinski definition) is 3. The maximum Gasteiger partial charge on any atom is 0.178 e. The number of nitrogens with two attached hydrogens (primary N) is 1. The number of nitrogens with one attached hydrogen (secondary N) is 2. The van der Waals surface area contributed by atoms with Gasteiger partial charge in [-0.1, -0.05) is 32.9 Å². The molecule has 0 fully saturated rings. The van der Waals surface area contributed by atoms with Gasteiger partial charge in [-0.25, -0.2) is 5.43 Å². The van der Waals surface area contributed by atoms with Gasteiger partial charge in [0.25, 0.3) is 0 Å². The van der Waals surface area contributed by atoms with Crippen LogP contribution in [0.2, 0.25) is 0 Å². The molecule has 4 N–H and O–H groups in total. The van der Waals surface area contributed by atoms with E-state index in [1.165, 1.54) is 0 Å². The SMILES string of the molecule is C[C@H](CC(=O)[C@H]1[C@@H](C)C=CCC1(C)C)NNC(N)=S. The Morgan fingerprint density at radius 2 is 2.21 bits per heavy atom. The Labute approximate surface area is 121 Å². The van der Waals surface area contributed by atoms with Crippen LogP contribution in [-0.4, -0.2) is 16.9 Å². The highest BCUT2D eigenvalue weighted by molar-refractivity contribution is 7.80. The van der Waals surface area contributed by atoms with Gasteiger partial charge in [0, 0.05) is 18.4 Å². The number of hydrogen-bond acceptors (Lipinski definition) is 3. The summed E-state index contributed by atoms with van der Waals surface area (Å²) in [6, 6.07) is 0.00269. The minimum absolute atomic E-state index is 0.00269. The Bertz CT molecular complexity index is 379. The molecule has 0 spiro atoms. The summed E-state index contributed by atoms with van der Waals surface area (Å²) < 4.78 is 0. The van der Waals surface area contributed by atoms with Gasteiger partial charge in [-0.2, -0.15) is 0 Å². The van der Waals surface area contributed by atoms with Gasteiger partial charge in [-0.15, -0.1) is 0 Å². The zero-order chi connectivity index (χ0) is 14.6. The molecule has 0 saturated carbocycles. The van der Waals surface area contributed by atoms with Gasteiger partial charge in [0.1, 0.15) is 5.78 Å². The molecule has 19 heavy (non-hydrogen) atoms. The molecule has 0 saturated heterocycles. The molecule has 0 aromatic rings. The third-order valence-corrected chi connectivity index (χ3v) is 3.85. The van der Waals surface area contributed by atoms with E-state index in [0.717, 1.165) is 6.42 Å². The van der Waals surface area contributed by atoms with Crippen LogP contribution in [0.5, 0.6) is 0 Å². The van der Waals surface area contributed by atoms with E-state index < -0.39 is 0 Å². The summed E-state index contributed by atoms with van der Waals surface area (Å²) in [7, 11) is 0. The fourth-order valence-electron chi connectivity index (χ4n) is 2.94. The normalized spacial score (nSPS) is 26.7. The van der Waals surface area contributed by atoms with E-state index in [9.17, 15) is 4.79 Å². The summed E-state index contributed by atoms with van der Waals surface area (Å²) in [5.74, 6) is 0.671. The second-order valence-corrected chi connectivity index (χ2v) is 6.60. The van der Waals surface area contributed by atoms with Crippen molar-refractivity contribution in [2.24, 2.45) is 23.0 Å². The fraction of sp³-hybridized carbons (Fsp3) is 0.714. The van der Waals surface area contributed by atoms with Gasteiger partial charge < -0.3 is 5.73 Å². The third kappa shape index (κ3) is 4.58. The Hall–Kier alpha value is -0.940. The number of carbonyl (C=O) groups excluding carboxylic acids is 1. The molecular weight excluding hydrogens is 258 g/mol. The van der Waals surface area contributed by atoms with Gasteiger partial charge in [0.15, 0.2) is 5.11 Å². The van der Waals surface area contributed by atoms with Crippen LogP contribution in [0.3, 0.4) is 0 Å². The van der Waals surface area contributed by atoms with Crippen LogP contribution in [-0.2, 0) is 4.79 Å². The molecule has 4 nitrogen and oxygen atoms in total. The molecular formula is C14H25N3OS. The first-order chi connectivity index (χ1) is 8.74. The summed E-state index contributed by atoms with van der Waals surface area (Å²) in [6.45, 7) is 8.40. The molecule has 0 radical (unpaired) electrons. The van der Waals surface area contributed by atoms with Gasteiger partial charge in [-0.05, 0) is 36.9 Å². The standard InChI is InChI=1S/C14H25N3OS/c1-9-6-5-7-14(3,4)12(9)11(18)8-10(2)16-17-13(15)19/h5-6,9-10,12,16H,7-8H2,1-4H3,(H3,15,17,19)/t9-,10+,12+/m0/s1.